The van der Waals surface area contributed by atoms with Crippen molar-refractivity contribution in [3.63, 3.8) is 0 Å². The normalized spacial score (nSPS) is 13.6. The van der Waals surface area contributed by atoms with Gasteiger partial charge in [0.2, 0.25) is 5.91 Å². The summed E-state index contributed by atoms with van der Waals surface area (Å²) in [7, 11) is 0. The summed E-state index contributed by atoms with van der Waals surface area (Å²) in [4.78, 5) is 14.1. The smallest absolute Gasteiger partial charge is 0.226 e. The number of fused-ring (bicyclic) bond motifs is 1. The van der Waals surface area contributed by atoms with Crippen molar-refractivity contribution in [2.24, 2.45) is 0 Å². The molecule has 1 aliphatic rings. The Balaban J connectivity index is 1.85. The van der Waals surface area contributed by atoms with Gasteiger partial charge in [-0.25, -0.2) is 0 Å². The molecule has 0 aliphatic carbocycles. The summed E-state index contributed by atoms with van der Waals surface area (Å²) >= 11 is 0. The van der Waals surface area contributed by atoms with Gasteiger partial charge in [-0.15, -0.1) is 0 Å². The Labute approximate surface area is 115 Å². The maximum Gasteiger partial charge on any atom is 0.226 e. The molecule has 0 radical (unpaired) electrons. The standard InChI is InChI=1S/C16H24N2O/c1-2-3-4-5-6-7-16(19)18-11-10-13-12-14(17)8-9-15(13)18/h8-9,12H,2-7,10-11,17H2,1H3. The van der Waals surface area contributed by atoms with Crippen LogP contribution >= 0.6 is 0 Å². The van der Waals surface area contributed by atoms with Crippen LogP contribution in [0.25, 0.3) is 0 Å². The Morgan fingerprint density at radius 1 is 1.26 bits per heavy atom. The number of amides is 1. The number of unbranched alkanes of at least 4 members (excludes halogenated alkanes) is 4. The fourth-order valence-corrected chi connectivity index (χ4v) is 2.70. The van der Waals surface area contributed by atoms with Gasteiger partial charge in [0.05, 0.1) is 0 Å². The van der Waals surface area contributed by atoms with Crippen molar-refractivity contribution in [2.75, 3.05) is 17.2 Å². The number of nitrogens with two attached hydrogens (primary N) is 1. The topological polar surface area (TPSA) is 46.3 Å². The van der Waals surface area contributed by atoms with Crippen LogP contribution in [0.15, 0.2) is 18.2 Å². The summed E-state index contributed by atoms with van der Waals surface area (Å²) in [6, 6.07) is 5.85. The number of carbonyl (C=O) groups is 1. The van der Waals surface area contributed by atoms with Gasteiger partial charge in [0, 0.05) is 24.3 Å². The van der Waals surface area contributed by atoms with Crippen molar-refractivity contribution in [3.05, 3.63) is 23.8 Å². The van der Waals surface area contributed by atoms with E-state index in [-0.39, 0.29) is 5.91 Å². The van der Waals surface area contributed by atoms with Crippen LogP contribution in [-0.4, -0.2) is 12.5 Å². The van der Waals surface area contributed by atoms with Crippen molar-refractivity contribution >= 4 is 17.3 Å². The van der Waals surface area contributed by atoms with Crippen molar-refractivity contribution in [3.8, 4) is 0 Å². The molecule has 0 saturated heterocycles. The first-order valence-electron chi connectivity index (χ1n) is 7.41. The second-order valence-electron chi connectivity index (χ2n) is 5.35. The van der Waals surface area contributed by atoms with Crippen LogP contribution in [0.2, 0.25) is 0 Å². The third-order valence-electron chi connectivity index (χ3n) is 3.79. The van der Waals surface area contributed by atoms with E-state index in [9.17, 15) is 4.79 Å². The second-order valence-corrected chi connectivity index (χ2v) is 5.35. The fourth-order valence-electron chi connectivity index (χ4n) is 2.70. The van der Waals surface area contributed by atoms with E-state index in [0.29, 0.717) is 6.42 Å². The molecule has 0 fully saturated rings. The monoisotopic (exact) mass is 260 g/mol. The van der Waals surface area contributed by atoms with Crippen molar-refractivity contribution < 1.29 is 4.79 Å². The maximum absolute atomic E-state index is 12.2. The van der Waals surface area contributed by atoms with E-state index in [1.54, 1.807) is 0 Å². The molecule has 2 N–H and O–H groups in total. The zero-order valence-electron chi connectivity index (χ0n) is 11.8. The lowest BCUT2D eigenvalue weighted by Crippen LogP contribution is -2.28. The van der Waals surface area contributed by atoms with Crippen molar-refractivity contribution in [1.29, 1.82) is 0 Å². The lowest BCUT2D eigenvalue weighted by atomic mass is 10.1. The zero-order chi connectivity index (χ0) is 13.7. The van der Waals surface area contributed by atoms with E-state index in [1.165, 1.54) is 31.2 Å². The summed E-state index contributed by atoms with van der Waals surface area (Å²) in [5.41, 5.74) is 8.83. The highest BCUT2D eigenvalue weighted by Crippen LogP contribution is 2.30. The summed E-state index contributed by atoms with van der Waals surface area (Å²) in [5.74, 6) is 0.264. The van der Waals surface area contributed by atoms with Crippen LogP contribution in [0.1, 0.15) is 51.0 Å². The molecule has 3 heteroatoms. The minimum absolute atomic E-state index is 0.264. The summed E-state index contributed by atoms with van der Waals surface area (Å²) in [6.45, 7) is 3.02. The summed E-state index contributed by atoms with van der Waals surface area (Å²) < 4.78 is 0. The lowest BCUT2D eigenvalue weighted by molar-refractivity contribution is -0.118. The van der Waals surface area contributed by atoms with Crippen LogP contribution < -0.4 is 10.6 Å². The Bertz CT molecular complexity index is 442. The summed E-state index contributed by atoms with van der Waals surface area (Å²) in [5, 5.41) is 0. The van der Waals surface area contributed by atoms with Crippen LogP contribution in [0.5, 0.6) is 0 Å². The average molecular weight is 260 g/mol. The molecule has 1 aromatic rings. The molecular weight excluding hydrogens is 236 g/mol. The second kappa shape index (κ2) is 6.60. The van der Waals surface area contributed by atoms with Crippen LogP contribution in [0.4, 0.5) is 11.4 Å². The molecule has 0 saturated carbocycles. The largest absolute Gasteiger partial charge is 0.399 e. The average Bonchev–Trinajstić information content (AvgIpc) is 2.81. The third-order valence-corrected chi connectivity index (χ3v) is 3.79. The van der Waals surface area contributed by atoms with E-state index in [0.717, 1.165) is 30.8 Å². The molecule has 0 unspecified atom stereocenters. The van der Waals surface area contributed by atoms with E-state index >= 15 is 0 Å². The van der Waals surface area contributed by atoms with Crippen LogP contribution in [0.3, 0.4) is 0 Å². The molecule has 0 atom stereocenters. The number of hydrogen-bond donors (Lipinski definition) is 1. The van der Waals surface area contributed by atoms with Gasteiger partial charge in [-0.1, -0.05) is 32.6 Å². The van der Waals surface area contributed by atoms with E-state index in [2.05, 4.69) is 6.92 Å². The quantitative estimate of drug-likeness (QED) is 0.628. The SMILES string of the molecule is CCCCCCCC(=O)N1CCc2cc(N)ccc21. The highest BCUT2D eigenvalue weighted by molar-refractivity contribution is 5.95. The third kappa shape index (κ3) is 3.49. The molecule has 0 aromatic heterocycles. The molecule has 1 amide bonds. The molecule has 1 heterocycles. The molecule has 0 spiro atoms. The predicted octanol–water partition coefficient (Wildman–Crippen LogP) is 3.52. The van der Waals surface area contributed by atoms with Crippen LogP contribution in [0, 0.1) is 0 Å². The molecule has 0 bridgehead atoms. The summed E-state index contributed by atoms with van der Waals surface area (Å²) in [6.07, 6.45) is 7.56. The number of nitrogens with zero attached hydrogens (tertiary/aromatic N) is 1. The maximum atomic E-state index is 12.2. The first kappa shape index (κ1) is 13.9. The Kier molecular flexibility index (Phi) is 4.83. The number of hydrogen-bond acceptors (Lipinski definition) is 2. The van der Waals surface area contributed by atoms with Gasteiger partial charge in [0.15, 0.2) is 0 Å². The first-order valence-corrected chi connectivity index (χ1v) is 7.41. The number of carbonyl (C=O) groups excluding carboxylic acids is 1. The minimum atomic E-state index is 0.264. The predicted molar refractivity (Wildman–Crippen MR) is 80.3 cm³/mol. The highest BCUT2D eigenvalue weighted by Gasteiger charge is 2.23. The molecule has 1 aliphatic heterocycles. The van der Waals surface area contributed by atoms with Crippen LogP contribution in [-0.2, 0) is 11.2 Å². The van der Waals surface area contributed by atoms with Gasteiger partial charge in [-0.2, -0.15) is 0 Å². The molecule has 2 rings (SSSR count). The lowest BCUT2D eigenvalue weighted by Gasteiger charge is -2.17. The van der Waals surface area contributed by atoms with Crippen molar-refractivity contribution in [1.82, 2.24) is 0 Å². The van der Waals surface area contributed by atoms with Crippen molar-refractivity contribution in [2.45, 2.75) is 51.9 Å². The van der Waals surface area contributed by atoms with E-state index in [1.807, 2.05) is 23.1 Å². The molecule has 19 heavy (non-hydrogen) atoms. The highest BCUT2D eigenvalue weighted by atomic mass is 16.2. The molecule has 3 nitrogen and oxygen atoms in total. The Morgan fingerprint density at radius 3 is 2.84 bits per heavy atom. The van der Waals surface area contributed by atoms with Gasteiger partial charge in [-0.05, 0) is 36.6 Å². The first-order chi connectivity index (χ1) is 9.22. The number of anilines is 2. The van der Waals surface area contributed by atoms with Gasteiger partial charge < -0.3 is 10.6 Å². The fraction of sp³-hybridized carbons (Fsp3) is 0.562. The molecule has 104 valence electrons. The number of benzene rings is 1. The number of rotatable bonds is 6. The number of nitrogen functional groups attached to an aromatic ring is 1. The van der Waals surface area contributed by atoms with Gasteiger partial charge in [-0.3, -0.25) is 4.79 Å². The Hall–Kier alpha value is -1.51. The van der Waals surface area contributed by atoms with Gasteiger partial charge >= 0.3 is 0 Å². The van der Waals surface area contributed by atoms with E-state index < -0.39 is 0 Å². The molecular formula is C16H24N2O. The molecule has 1 aromatic carbocycles. The van der Waals surface area contributed by atoms with Gasteiger partial charge in [0.25, 0.3) is 0 Å². The zero-order valence-corrected chi connectivity index (χ0v) is 11.8. The minimum Gasteiger partial charge on any atom is -0.399 e. The Morgan fingerprint density at radius 2 is 2.05 bits per heavy atom. The van der Waals surface area contributed by atoms with E-state index in [4.69, 9.17) is 5.73 Å². The van der Waals surface area contributed by atoms with Gasteiger partial charge in [0.1, 0.15) is 0 Å².